The van der Waals surface area contributed by atoms with E-state index in [1.807, 2.05) is 36.4 Å². The third kappa shape index (κ3) is 7.04. The SMILES string of the molecule is O=C1CCC(N2C(=O)c3cc(CN4CCN(c5ccc(-c6ccc7c(c6)C(=O)N(C(C(=O)Nc6nccs6)c6cc(F)ccc6O)C7)cc5)CC4)cc(F)c3C2=O)C(=O)N1. The number of piperazine rings is 1. The second-order valence-corrected chi connectivity index (χ2v) is 15.9. The first kappa shape index (κ1) is 38.7. The van der Waals surface area contributed by atoms with E-state index >= 15 is 4.39 Å². The van der Waals surface area contributed by atoms with Crippen molar-refractivity contribution >= 4 is 57.6 Å². The number of carbonyl (C=O) groups excluding carboxylic acids is 6. The number of hydrogen-bond donors (Lipinski definition) is 3. The van der Waals surface area contributed by atoms with Crippen LogP contribution in [0.5, 0.6) is 5.75 Å². The number of nitrogens with zero attached hydrogens (tertiary/aromatic N) is 5. The standard InChI is InChI=1S/C43H35F2N7O7S/c44-27-5-9-34(53)30(20-27)37(39(56)48-43-46-11-16-60-43)51-22-26-2-1-25(19-29(26)40(51)57)24-3-6-28(7-4-24)50-14-12-49(13-15-50)21-23-17-31-36(32(45)18-23)42(59)52(41(31)58)33-8-10-35(54)47-38(33)55/h1-7,9,11,16-20,33,37,53H,8,10,12-15,21-22H2,(H,46,48,56)(H,47,54,55). The summed E-state index contributed by atoms with van der Waals surface area (Å²) in [5, 5.41) is 17.5. The maximum atomic E-state index is 15.3. The van der Waals surface area contributed by atoms with E-state index in [1.54, 1.807) is 11.4 Å². The number of halogens is 2. The summed E-state index contributed by atoms with van der Waals surface area (Å²) in [7, 11) is 0. The first-order valence-corrected chi connectivity index (χ1v) is 20.1. The number of phenolic OH excluding ortho intramolecular Hbond substituents is 1. The summed E-state index contributed by atoms with van der Waals surface area (Å²) in [6.07, 6.45) is 1.47. The summed E-state index contributed by atoms with van der Waals surface area (Å²) in [5.41, 5.74) is 3.70. The zero-order chi connectivity index (χ0) is 41.8. The Morgan fingerprint density at radius 3 is 2.38 bits per heavy atom. The number of piperidine rings is 1. The number of fused-ring (bicyclic) bond motifs is 2. The lowest BCUT2D eigenvalue weighted by Gasteiger charge is -2.36. The van der Waals surface area contributed by atoms with Gasteiger partial charge in [-0.2, -0.15) is 0 Å². The summed E-state index contributed by atoms with van der Waals surface area (Å²) in [4.78, 5) is 88.5. The number of rotatable bonds is 9. The average molecular weight is 832 g/mol. The molecule has 0 saturated carbocycles. The number of nitrogens with one attached hydrogen (secondary N) is 2. The van der Waals surface area contributed by atoms with Crippen molar-refractivity contribution in [3.05, 3.63) is 129 Å². The molecule has 2 unspecified atom stereocenters. The topological polar surface area (TPSA) is 173 Å². The predicted molar refractivity (Wildman–Crippen MR) is 214 cm³/mol. The van der Waals surface area contributed by atoms with Crippen LogP contribution in [-0.2, 0) is 27.5 Å². The Morgan fingerprint density at radius 1 is 0.883 bits per heavy atom. The highest BCUT2D eigenvalue weighted by atomic mass is 32.1. The minimum absolute atomic E-state index is 0.0163. The molecule has 304 valence electrons. The normalized spacial score (nSPS) is 18.5. The van der Waals surface area contributed by atoms with E-state index in [4.69, 9.17) is 0 Å². The van der Waals surface area contributed by atoms with Gasteiger partial charge in [0.1, 0.15) is 29.5 Å². The van der Waals surface area contributed by atoms with Crippen LogP contribution in [0.1, 0.15) is 66.6 Å². The molecule has 4 aliphatic heterocycles. The molecular weight excluding hydrogens is 797 g/mol. The molecule has 4 aromatic carbocycles. The fourth-order valence-corrected chi connectivity index (χ4v) is 8.88. The first-order chi connectivity index (χ1) is 28.9. The van der Waals surface area contributed by atoms with Gasteiger partial charge in [-0.15, -0.1) is 11.3 Å². The van der Waals surface area contributed by atoms with Gasteiger partial charge in [0.2, 0.25) is 11.8 Å². The van der Waals surface area contributed by atoms with Gasteiger partial charge >= 0.3 is 0 Å². The molecule has 5 aromatic rings. The predicted octanol–water partition coefficient (Wildman–Crippen LogP) is 4.85. The summed E-state index contributed by atoms with van der Waals surface area (Å²) in [5.74, 6) is -5.79. The van der Waals surface area contributed by atoms with Crippen molar-refractivity contribution in [1.29, 1.82) is 0 Å². The van der Waals surface area contributed by atoms with Gasteiger partial charge in [0, 0.05) is 74.1 Å². The van der Waals surface area contributed by atoms with E-state index in [2.05, 4.69) is 25.4 Å². The number of thiazole rings is 1. The maximum absolute atomic E-state index is 15.3. The highest BCUT2D eigenvalue weighted by Crippen LogP contribution is 2.38. The van der Waals surface area contributed by atoms with Crippen LogP contribution in [0.15, 0.2) is 84.4 Å². The van der Waals surface area contributed by atoms with Crippen LogP contribution >= 0.6 is 11.3 Å². The van der Waals surface area contributed by atoms with Crippen molar-refractivity contribution in [3.63, 3.8) is 0 Å². The summed E-state index contributed by atoms with van der Waals surface area (Å²) in [6, 6.07) is 16.9. The highest BCUT2D eigenvalue weighted by Gasteiger charge is 2.46. The Balaban J connectivity index is 0.850. The minimum Gasteiger partial charge on any atom is -0.508 e. The third-order valence-electron chi connectivity index (χ3n) is 11.3. The molecule has 14 nitrogen and oxygen atoms in total. The van der Waals surface area contributed by atoms with Gasteiger partial charge in [0.15, 0.2) is 5.13 Å². The Bertz CT molecular complexity index is 2610. The number of anilines is 2. The zero-order valence-corrected chi connectivity index (χ0v) is 32.5. The van der Waals surface area contributed by atoms with Crippen LogP contribution in [-0.4, -0.2) is 92.5 Å². The molecule has 0 radical (unpaired) electrons. The van der Waals surface area contributed by atoms with Crippen LogP contribution in [0.25, 0.3) is 11.1 Å². The molecule has 0 bridgehead atoms. The number of hydrogen-bond acceptors (Lipinski definition) is 11. The number of carbonyl (C=O) groups is 6. The number of benzene rings is 4. The molecule has 2 saturated heterocycles. The molecule has 2 atom stereocenters. The molecule has 4 aliphatic rings. The number of aromatic nitrogens is 1. The van der Waals surface area contributed by atoms with E-state index in [-0.39, 0.29) is 41.8 Å². The van der Waals surface area contributed by atoms with E-state index < -0.39 is 59.2 Å². The van der Waals surface area contributed by atoms with Crippen LogP contribution in [0, 0.1) is 11.6 Å². The molecule has 0 aliphatic carbocycles. The molecule has 6 amide bonds. The number of phenols is 1. The summed E-state index contributed by atoms with van der Waals surface area (Å²) >= 11 is 1.18. The van der Waals surface area contributed by atoms with Gasteiger partial charge in [-0.25, -0.2) is 13.8 Å². The monoisotopic (exact) mass is 831 g/mol. The van der Waals surface area contributed by atoms with Crippen LogP contribution in [0.3, 0.4) is 0 Å². The Kier molecular flexibility index (Phi) is 9.92. The maximum Gasteiger partial charge on any atom is 0.265 e. The molecule has 17 heteroatoms. The lowest BCUT2D eigenvalue weighted by Crippen LogP contribution is -2.54. The molecule has 9 rings (SSSR count). The van der Waals surface area contributed by atoms with Crippen LogP contribution in [0.4, 0.5) is 19.6 Å². The van der Waals surface area contributed by atoms with E-state index in [0.29, 0.717) is 54.5 Å². The Labute approximate surface area is 345 Å². The van der Waals surface area contributed by atoms with Crippen molar-refractivity contribution in [2.45, 2.75) is 38.0 Å². The second-order valence-electron chi connectivity index (χ2n) is 15.0. The number of aromatic hydroxyl groups is 1. The van der Waals surface area contributed by atoms with Crippen molar-refractivity contribution in [2.24, 2.45) is 0 Å². The van der Waals surface area contributed by atoms with Gasteiger partial charge < -0.3 is 14.9 Å². The Morgan fingerprint density at radius 2 is 1.65 bits per heavy atom. The molecule has 0 spiro atoms. The fraction of sp³-hybridized carbons (Fsp3) is 0.233. The highest BCUT2D eigenvalue weighted by molar-refractivity contribution is 7.13. The average Bonchev–Trinajstić information content (AvgIpc) is 3.93. The zero-order valence-electron chi connectivity index (χ0n) is 31.7. The largest absolute Gasteiger partial charge is 0.508 e. The Hall–Kier alpha value is -6.85. The molecule has 3 N–H and O–H groups in total. The lowest BCUT2D eigenvalue weighted by atomic mass is 10.00. The van der Waals surface area contributed by atoms with Crippen molar-refractivity contribution < 1.29 is 42.7 Å². The van der Waals surface area contributed by atoms with Crippen molar-refractivity contribution in [1.82, 2.24) is 25.0 Å². The first-order valence-electron chi connectivity index (χ1n) is 19.2. The van der Waals surface area contributed by atoms with E-state index in [1.165, 1.54) is 34.6 Å². The summed E-state index contributed by atoms with van der Waals surface area (Å²) in [6.45, 7) is 2.99. The quantitative estimate of drug-likeness (QED) is 0.175. The van der Waals surface area contributed by atoms with Gasteiger partial charge in [0.25, 0.3) is 23.6 Å². The smallest absolute Gasteiger partial charge is 0.265 e. The lowest BCUT2D eigenvalue weighted by molar-refractivity contribution is -0.136. The molecule has 2 fully saturated rings. The van der Waals surface area contributed by atoms with E-state index in [9.17, 15) is 38.3 Å². The molecule has 60 heavy (non-hydrogen) atoms. The second kappa shape index (κ2) is 15.4. The van der Waals surface area contributed by atoms with Gasteiger partial charge in [0.05, 0.1) is 11.1 Å². The van der Waals surface area contributed by atoms with Crippen molar-refractivity contribution in [3.8, 4) is 16.9 Å². The molecule has 1 aromatic heterocycles. The number of imide groups is 2. The third-order valence-corrected chi connectivity index (χ3v) is 12.0. The van der Waals surface area contributed by atoms with Gasteiger partial charge in [-0.05, 0) is 77.2 Å². The molecule has 5 heterocycles. The summed E-state index contributed by atoms with van der Waals surface area (Å²) < 4.78 is 29.8. The number of amides is 6. The molecular formula is C43H35F2N7O7S. The van der Waals surface area contributed by atoms with Crippen molar-refractivity contribution in [2.75, 3.05) is 36.4 Å². The van der Waals surface area contributed by atoms with Gasteiger partial charge in [-0.1, -0.05) is 24.3 Å². The van der Waals surface area contributed by atoms with Crippen LogP contribution < -0.4 is 15.5 Å². The van der Waals surface area contributed by atoms with Gasteiger partial charge in [-0.3, -0.25) is 49.2 Å². The fourth-order valence-electron chi connectivity index (χ4n) is 8.35. The minimum atomic E-state index is -1.34. The van der Waals surface area contributed by atoms with E-state index in [0.717, 1.165) is 39.9 Å². The van der Waals surface area contributed by atoms with Crippen LogP contribution in [0.2, 0.25) is 0 Å².